The van der Waals surface area contributed by atoms with Gasteiger partial charge in [-0.25, -0.2) is 8.42 Å². The van der Waals surface area contributed by atoms with E-state index in [4.69, 9.17) is 0 Å². The topological polar surface area (TPSA) is 66.5 Å². The van der Waals surface area contributed by atoms with Crippen molar-refractivity contribution in [3.8, 4) is 0 Å². The van der Waals surface area contributed by atoms with Crippen molar-refractivity contribution in [2.75, 3.05) is 17.5 Å². The summed E-state index contributed by atoms with van der Waals surface area (Å²) in [4.78, 5) is 15.8. The van der Waals surface area contributed by atoms with Gasteiger partial charge in [-0.2, -0.15) is 0 Å². The Balaban J connectivity index is 1.87. The van der Waals surface area contributed by atoms with E-state index in [1.807, 2.05) is 11.4 Å². The average Bonchev–Trinajstić information content (AvgIpc) is 2.92. The van der Waals surface area contributed by atoms with Gasteiger partial charge in [0.1, 0.15) is 0 Å². The van der Waals surface area contributed by atoms with Crippen molar-refractivity contribution in [1.29, 1.82) is 0 Å². The number of amides is 1. The van der Waals surface area contributed by atoms with Crippen LogP contribution < -0.4 is 4.72 Å². The number of rotatable bonds is 3. The summed E-state index contributed by atoms with van der Waals surface area (Å²) in [6, 6.07) is 8.74. The minimum Gasteiger partial charge on any atom is -0.334 e. The van der Waals surface area contributed by atoms with Gasteiger partial charge in [-0.05, 0) is 35.6 Å². The molecule has 3 rings (SSSR count). The lowest BCUT2D eigenvalue weighted by molar-refractivity contribution is 0.0737. The lowest BCUT2D eigenvalue weighted by Gasteiger charge is -2.27. The summed E-state index contributed by atoms with van der Waals surface area (Å²) in [6.45, 7) is 1.23. The molecule has 7 heteroatoms. The first-order valence-corrected chi connectivity index (χ1v) is 9.62. The maximum atomic E-state index is 12.7. The maximum absolute atomic E-state index is 12.7. The van der Waals surface area contributed by atoms with E-state index >= 15 is 0 Å². The molecule has 0 fully saturated rings. The number of carbonyl (C=O) groups is 1. The Kier molecular flexibility index (Phi) is 3.92. The molecule has 0 atom stereocenters. The lowest BCUT2D eigenvalue weighted by Crippen LogP contribution is -2.35. The van der Waals surface area contributed by atoms with E-state index in [1.165, 1.54) is 10.4 Å². The first-order chi connectivity index (χ1) is 10.4. The fourth-order valence-corrected chi connectivity index (χ4v) is 4.02. The normalized spacial score (nSPS) is 14.5. The van der Waals surface area contributed by atoms with E-state index < -0.39 is 10.0 Å². The maximum Gasteiger partial charge on any atom is 0.256 e. The van der Waals surface area contributed by atoms with Crippen LogP contribution in [0.5, 0.6) is 0 Å². The van der Waals surface area contributed by atoms with Crippen LogP contribution in [0, 0.1) is 0 Å². The molecule has 0 spiro atoms. The van der Waals surface area contributed by atoms with Gasteiger partial charge >= 0.3 is 0 Å². The number of thiophene rings is 1. The number of fused-ring (bicyclic) bond motifs is 1. The average molecular weight is 336 g/mol. The van der Waals surface area contributed by atoms with Crippen molar-refractivity contribution in [3.05, 3.63) is 51.7 Å². The Hall–Kier alpha value is -1.86. The van der Waals surface area contributed by atoms with E-state index in [2.05, 4.69) is 4.72 Å². The van der Waals surface area contributed by atoms with Gasteiger partial charge in [0.05, 0.1) is 17.5 Å². The van der Waals surface area contributed by atoms with Crippen molar-refractivity contribution in [2.45, 2.75) is 13.0 Å². The third-order valence-corrected chi connectivity index (χ3v) is 5.16. The van der Waals surface area contributed by atoms with Gasteiger partial charge < -0.3 is 4.90 Å². The summed E-state index contributed by atoms with van der Waals surface area (Å²) in [5, 5.41) is 2.04. The largest absolute Gasteiger partial charge is 0.334 e. The Bertz CT molecular complexity index is 812. The van der Waals surface area contributed by atoms with Crippen LogP contribution in [-0.2, 0) is 23.0 Å². The molecule has 22 heavy (non-hydrogen) atoms. The van der Waals surface area contributed by atoms with Crippen LogP contribution in [0.4, 0.5) is 5.69 Å². The number of benzene rings is 1. The number of nitrogens with zero attached hydrogens (tertiary/aromatic N) is 1. The number of carbonyl (C=O) groups excluding carboxylic acids is 1. The van der Waals surface area contributed by atoms with E-state index in [9.17, 15) is 13.2 Å². The van der Waals surface area contributed by atoms with E-state index in [-0.39, 0.29) is 5.91 Å². The molecule has 0 aliphatic carbocycles. The highest BCUT2D eigenvalue weighted by molar-refractivity contribution is 7.92. The monoisotopic (exact) mass is 336 g/mol. The van der Waals surface area contributed by atoms with Crippen molar-refractivity contribution >= 4 is 33.0 Å². The molecule has 1 aromatic heterocycles. The fraction of sp³-hybridized carbons (Fsp3) is 0.267. The van der Waals surface area contributed by atoms with Gasteiger partial charge in [0.2, 0.25) is 10.0 Å². The number of hydrogen-bond acceptors (Lipinski definition) is 4. The Morgan fingerprint density at radius 2 is 2.05 bits per heavy atom. The molecule has 0 unspecified atom stereocenters. The van der Waals surface area contributed by atoms with Crippen LogP contribution >= 0.6 is 11.3 Å². The third-order valence-electron chi connectivity index (χ3n) is 3.55. The minimum atomic E-state index is -3.42. The van der Waals surface area contributed by atoms with E-state index in [0.29, 0.717) is 24.3 Å². The van der Waals surface area contributed by atoms with Crippen LogP contribution in [0.25, 0.3) is 0 Å². The summed E-state index contributed by atoms with van der Waals surface area (Å²) in [6.07, 6.45) is 1.92. The molecule has 0 saturated heterocycles. The number of sulfonamides is 1. The molecule has 1 aliphatic rings. The molecule has 1 amide bonds. The number of anilines is 1. The van der Waals surface area contributed by atoms with E-state index in [0.717, 1.165) is 12.7 Å². The molecule has 2 aromatic rings. The van der Waals surface area contributed by atoms with Crippen molar-refractivity contribution < 1.29 is 13.2 Å². The first-order valence-electron chi connectivity index (χ1n) is 6.85. The molecule has 0 saturated carbocycles. The number of hydrogen-bond donors (Lipinski definition) is 1. The Morgan fingerprint density at radius 1 is 1.27 bits per heavy atom. The zero-order valence-electron chi connectivity index (χ0n) is 12.1. The van der Waals surface area contributed by atoms with Gasteiger partial charge in [0, 0.05) is 18.0 Å². The highest BCUT2D eigenvalue weighted by Crippen LogP contribution is 2.26. The van der Waals surface area contributed by atoms with Gasteiger partial charge in [-0.15, -0.1) is 11.3 Å². The predicted octanol–water partition coefficient (Wildman–Crippen LogP) is 2.32. The summed E-state index contributed by atoms with van der Waals surface area (Å²) in [7, 11) is -3.42. The van der Waals surface area contributed by atoms with Crippen LogP contribution in [0.3, 0.4) is 0 Å². The molecule has 1 aromatic carbocycles. The highest BCUT2D eigenvalue weighted by Gasteiger charge is 2.24. The zero-order valence-corrected chi connectivity index (χ0v) is 13.7. The minimum absolute atomic E-state index is 0.149. The number of nitrogens with one attached hydrogen (secondary N) is 1. The van der Waals surface area contributed by atoms with Crippen LogP contribution in [0.2, 0.25) is 0 Å². The van der Waals surface area contributed by atoms with Gasteiger partial charge in [0.25, 0.3) is 5.91 Å². The Morgan fingerprint density at radius 3 is 2.82 bits per heavy atom. The second-order valence-electron chi connectivity index (χ2n) is 5.27. The SMILES string of the molecule is CS(=O)(=O)Nc1ccccc1C(=O)N1CCc2sccc2C1. The predicted molar refractivity (Wildman–Crippen MR) is 87.7 cm³/mol. The summed E-state index contributed by atoms with van der Waals surface area (Å²) in [5.41, 5.74) is 1.89. The van der Waals surface area contributed by atoms with Crippen LogP contribution in [0.15, 0.2) is 35.7 Å². The van der Waals surface area contributed by atoms with Gasteiger partial charge in [-0.1, -0.05) is 12.1 Å². The standard InChI is InChI=1S/C15H16N2O3S2/c1-22(19,20)16-13-5-3-2-4-12(13)15(18)17-8-6-14-11(10-17)7-9-21-14/h2-5,7,9,16H,6,8,10H2,1H3. The molecular weight excluding hydrogens is 320 g/mol. The molecule has 116 valence electrons. The number of para-hydroxylation sites is 1. The van der Waals surface area contributed by atoms with Gasteiger partial charge in [0.15, 0.2) is 0 Å². The van der Waals surface area contributed by atoms with Gasteiger partial charge in [-0.3, -0.25) is 9.52 Å². The van der Waals surface area contributed by atoms with Crippen molar-refractivity contribution in [3.63, 3.8) is 0 Å². The molecule has 0 bridgehead atoms. The lowest BCUT2D eigenvalue weighted by atomic mass is 10.1. The summed E-state index contributed by atoms with van der Waals surface area (Å²) in [5.74, 6) is -0.149. The highest BCUT2D eigenvalue weighted by atomic mass is 32.2. The first kappa shape index (κ1) is 15.1. The van der Waals surface area contributed by atoms with Crippen LogP contribution in [-0.4, -0.2) is 32.0 Å². The molecule has 5 nitrogen and oxygen atoms in total. The smallest absolute Gasteiger partial charge is 0.256 e. The fourth-order valence-electron chi connectivity index (χ4n) is 2.55. The Labute approximate surface area is 133 Å². The van der Waals surface area contributed by atoms with Crippen molar-refractivity contribution in [1.82, 2.24) is 4.90 Å². The molecule has 0 radical (unpaired) electrons. The molecule has 1 aliphatic heterocycles. The molecule has 1 N–H and O–H groups in total. The second kappa shape index (κ2) is 5.73. The molecular formula is C15H16N2O3S2. The molecule has 2 heterocycles. The summed E-state index contributed by atoms with van der Waals surface area (Å²) >= 11 is 1.72. The van der Waals surface area contributed by atoms with Crippen LogP contribution in [0.1, 0.15) is 20.8 Å². The quantitative estimate of drug-likeness (QED) is 0.935. The third kappa shape index (κ3) is 3.15. The van der Waals surface area contributed by atoms with E-state index in [1.54, 1.807) is 40.5 Å². The second-order valence-corrected chi connectivity index (χ2v) is 8.01. The zero-order chi connectivity index (χ0) is 15.7. The summed E-state index contributed by atoms with van der Waals surface area (Å²) < 4.78 is 25.3. The van der Waals surface area contributed by atoms with Crippen molar-refractivity contribution in [2.24, 2.45) is 0 Å².